The zero-order valence-corrected chi connectivity index (χ0v) is 14.3. The zero-order valence-electron chi connectivity index (χ0n) is 14.3. The molecule has 3 amide bonds. The molecule has 0 spiro atoms. The maximum atomic E-state index is 12.6. The molecule has 1 fully saturated rings. The van der Waals surface area contributed by atoms with E-state index in [0.717, 1.165) is 12.8 Å². The Morgan fingerprint density at radius 2 is 2.00 bits per heavy atom. The van der Waals surface area contributed by atoms with Crippen molar-refractivity contribution in [1.82, 2.24) is 9.88 Å². The summed E-state index contributed by atoms with van der Waals surface area (Å²) in [5.41, 5.74) is 5.64. The number of pyridine rings is 1. The van der Waals surface area contributed by atoms with E-state index in [1.54, 1.807) is 4.90 Å². The van der Waals surface area contributed by atoms with Crippen molar-refractivity contribution in [2.45, 2.75) is 39.7 Å². The van der Waals surface area contributed by atoms with Crippen LogP contribution in [0.1, 0.15) is 44.0 Å². The van der Waals surface area contributed by atoms with Crippen LogP contribution in [0.25, 0.3) is 0 Å². The van der Waals surface area contributed by atoms with E-state index < -0.39 is 17.7 Å². The number of hydrogen-bond donors (Lipinski definition) is 2. The highest BCUT2D eigenvalue weighted by Gasteiger charge is 2.34. The van der Waals surface area contributed by atoms with Gasteiger partial charge in [-0.25, -0.2) is 0 Å². The SMILES string of the molecule is CC(C)C1CC[C@@H](C)CN1C(=O)C(=O)Nc1cncc(C(N)=O)c1. The molecule has 2 atom stereocenters. The molecular formula is C17H24N4O3. The first-order chi connectivity index (χ1) is 11.3. The van der Waals surface area contributed by atoms with Gasteiger partial charge >= 0.3 is 11.8 Å². The molecule has 3 N–H and O–H groups in total. The lowest BCUT2D eigenvalue weighted by Crippen LogP contribution is -2.52. The summed E-state index contributed by atoms with van der Waals surface area (Å²) in [6.45, 7) is 6.77. The third-order valence-corrected chi connectivity index (χ3v) is 4.37. The molecule has 0 aromatic carbocycles. The van der Waals surface area contributed by atoms with Gasteiger partial charge in [0, 0.05) is 18.8 Å². The molecule has 7 nitrogen and oxygen atoms in total. The van der Waals surface area contributed by atoms with Crippen LogP contribution in [0.4, 0.5) is 5.69 Å². The molecule has 1 aliphatic rings. The van der Waals surface area contributed by atoms with Gasteiger partial charge in [-0.1, -0.05) is 20.8 Å². The molecule has 24 heavy (non-hydrogen) atoms. The number of piperidine rings is 1. The summed E-state index contributed by atoms with van der Waals surface area (Å²) in [6, 6.07) is 1.47. The Labute approximate surface area is 141 Å². The number of likely N-dealkylation sites (tertiary alicyclic amines) is 1. The minimum Gasteiger partial charge on any atom is -0.366 e. The molecule has 0 radical (unpaired) electrons. The van der Waals surface area contributed by atoms with Gasteiger partial charge in [0.25, 0.3) is 0 Å². The monoisotopic (exact) mass is 332 g/mol. The van der Waals surface area contributed by atoms with Gasteiger partial charge in [-0.15, -0.1) is 0 Å². The highest BCUT2D eigenvalue weighted by Crippen LogP contribution is 2.26. The van der Waals surface area contributed by atoms with Crippen molar-refractivity contribution in [3.63, 3.8) is 0 Å². The average Bonchev–Trinajstić information content (AvgIpc) is 2.53. The molecule has 0 aliphatic carbocycles. The molecule has 7 heteroatoms. The first-order valence-corrected chi connectivity index (χ1v) is 8.16. The van der Waals surface area contributed by atoms with Crippen molar-refractivity contribution < 1.29 is 14.4 Å². The second-order valence-corrected chi connectivity index (χ2v) is 6.73. The Bertz CT molecular complexity index is 644. The van der Waals surface area contributed by atoms with Crippen molar-refractivity contribution in [2.75, 3.05) is 11.9 Å². The topological polar surface area (TPSA) is 105 Å². The van der Waals surface area contributed by atoms with Crippen LogP contribution in [0.15, 0.2) is 18.5 Å². The standard InChI is InChI=1S/C17H24N4O3/c1-10(2)14-5-4-11(3)9-21(14)17(24)16(23)20-13-6-12(15(18)22)7-19-8-13/h6-8,10-11,14H,4-5,9H2,1-3H3,(H2,18,22)(H,20,23)/t11-,14?/m1/s1. The summed E-state index contributed by atoms with van der Waals surface area (Å²) >= 11 is 0. The first-order valence-electron chi connectivity index (χ1n) is 8.16. The van der Waals surface area contributed by atoms with Gasteiger partial charge in [-0.3, -0.25) is 19.4 Å². The molecule has 130 valence electrons. The Morgan fingerprint density at radius 1 is 1.29 bits per heavy atom. The molecule has 1 saturated heterocycles. The smallest absolute Gasteiger partial charge is 0.313 e. The van der Waals surface area contributed by atoms with E-state index in [1.165, 1.54) is 18.5 Å². The minimum atomic E-state index is -0.724. The highest BCUT2D eigenvalue weighted by atomic mass is 16.2. The van der Waals surface area contributed by atoms with E-state index in [9.17, 15) is 14.4 Å². The number of hydrogen-bond acceptors (Lipinski definition) is 4. The number of nitrogens with one attached hydrogen (secondary N) is 1. The van der Waals surface area contributed by atoms with Gasteiger partial charge in [-0.05, 0) is 30.7 Å². The Kier molecular flexibility index (Phi) is 5.54. The molecule has 1 aromatic heterocycles. The van der Waals surface area contributed by atoms with Crippen molar-refractivity contribution in [3.05, 3.63) is 24.0 Å². The molecule has 1 aromatic rings. The quantitative estimate of drug-likeness (QED) is 0.816. The van der Waals surface area contributed by atoms with Gasteiger partial charge in [0.1, 0.15) is 0 Å². The predicted octanol–water partition coefficient (Wildman–Crippen LogP) is 1.40. The largest absolute Gasteiger partial charge is 0.366 e. The number of carbonyl (C=O) groups is 3. The maximum Gasteiger partial charge on any atom is 0.313 e. The normalized spacial score (nSPS) is 20.8. The van der Waals surface area contributed by atoms with Crippen LogP contribution in [0.5, 0.6) is 0 Å². The van der Waals surface area contributed by atoms with Crippen LogP contribution in [-0.2, 0) is 9.59 Å². The average molecular weight is 332 g/mol. The Hall–Kier alpha value is -2.44. The van der Waals surface area contributed by atoms with E-state index in [0.29, 0.717) is 12.5 Å². The zero-order chi connectivity index (χ0) is 17.9. The van der Waals surface area contributed by atoms with Crippen LogP contribution >= 0.6 is 0 Å². The Balaban J connectivity index is 2.11. The number of carbonyl (C=O) groups excluding carboxylic acids is 3. The molecule has 2 heterocycles. The van der Waals surface area contributed by atoms with Crippen molar-refractivity contribution >= 4 is 23.4 Å². The lowest BCUT2D eigenvalue weighted by atomic mass is 9.88. The lowest BCUT2D eigenvalue weighted by molar-refractivity contribution is -0.147. The first kappa shape index (κ1) is 17.9. The van der Waals surface area contributed by atoms with Crippen molar-refractivity contribution in [3.8, 4) is 0 Å². The summed E-state index contributed by atoms with van der Waals surface area (Å²) in [7, 11) is 0. The van der Waals surface area contributed by atoms with Gasteiger partial charge in [0.15, 0.2) is 0 Å². The number of rotatable bonds is 3. The van der Waals surface area contributed by atoms with Gasteiger partial charge < -0.3 is 16.0 Å². The van der Waals surface area contributed by atoms with Crippen LogP contribution in [0.3, 0.4) is 0 Å². The number of anilines is 1. The number of nitrogens with two attached hydrogens (primary N) is 1. The second kappa shape index (κ2) is 7.42. The van der Waals surface area contributed by atoms with Gasteiger partial charge in [0.05, 0.1) is 17.4 Å². The van der Waals surface area contributed by atoms with Crippen molar-refractivity contribution in [1.29, 1.82) is 0 Å². The van der Waals surface area contributed by atoms with E-state index in [1.807, 2.05) is 0 Å². The van der Waals surface area contributed by atoms with Crippen LogP contribution in [-0.4, -0.2) is 40.2 Å². The van der Waals surface area contributed by atoms with Gasteiger partial charge in [0.2, 0.25) is 5.91 Å². The third-order valence-electron chi connectivity index (χ3n) is 4.37. The van der Waals surface area contributed by atoms with Gasteiger partial charge in [-0.2, -0.15) is 0 Å². The fraction of sp³-hybridized carbons (Fsp3) is 0.529. The maximum absolute atomic E-state index is 12.6. The summed E-state index contributed by atoms with van der Waals surface area (Å²) in [6.07, 6.45) is 4.63. The van der Waals surface area contributed by atoms with Crippen LogP contribution < -0.4 is 11.1 Å². The van der Waals surface area contributed by atoms with E-state index in [-0.39, 0.29) is 23.2 Å². The predicted molar refractivity (Wildman–Crippen MR) is 90.1 cm³/mol. The van der Waals surface area contributed by atoms with Crippen molar-refractivity contribution in [2.24, 2.45) is 17.6 Å². The number of aromatic nitrogens is 1. The molecular weight excluding hydrogens is 308 g/mol. The lowest BCUT2D eigenvalue weighted by Gasteiger charge is -2.40. The summed E-state index contributed by atoms with van der Waals surface area (Å²) < 4.78 is 0. The van der Waals surface area contributed by atoms with E-state index in [2.05, 4.69) is 31.1 Å². The second-order valence-electron chi connectivity index (χ2n) is 6.73. The van der Waals surface area contributed by atoms with Crippen LogP contribution in [0.2, 0.25) is 0 Å². The summed E-state index contributed by atoms with van der Waals surface area (Å²) in [4.78, 5) is 41.6. The molecule has 0 saturated carbocycles. The minimum absolute atomic E-state index is 0.0644. The van der Waals surface area contributed by atoms with Crippen LogP contribution in [0, 0.1) is 11.8 Å². The summed E-state index contributed by atoms with van der Waals surface area (Å²) in [5, 5.41) is 2.51. The van der Waals surface area contributed by atoms with E-state index >= 15 is 0 Å². The molecule has 1 unspecified atom stereocenters. The fourth-order valence-corrected chi connectivity index (χ4v) is 3.06. The Morgan fingerprint density at radius 3 is 2.62 bits per heavy atom. The third kappa shape index (κ3) is 4.10. The highest BCUT2D eigenvalue weighted by molar-refractivity contribution is 6.39. The molecule has 0 bridgehead atoms. The summed E-state index contributed by atoms with van der Waals surface area (Å²) in [5.74, 6) is -1.26. The number of amides is 3. The van der Waals surface area contributed by atoms with E-state index in [4.69, 9.17) is 5.73 Å². The number of nitrogens with zero attached hydrogens (tertiary/aromatic N) is 2. The molecule has 1 aliphatic heterocycles. The number of primary amides is 1. The molecule has 2 rings (SSSR count). The fourth-order valence-electron chi connectivity index (χ4n) is 3.06.